The van der Waals surface area contributed by atoms with Crippen molar-refractivity contribution in [3.63, 3.8) is 0 Å². The van der Waals surface area contributed by atoms with Crippen molar-refractivity contribution in [3.8, 4) is 0 Å². The number of benzene rings is 2. The highest BCUT2D eigenvalue weighted by Crippen LogP contribution is 2.31. The number of aromatic nitrogens is 1. The van der Waals surface area contributed by atoms with Crippen molar-refractivity contribution in [2.45, 2.75) is 25.7 Å². The Morgan fingerprint density at radius 3 is 2.65 bits per heavy atom. The van der Waals surface area contributed by atoms with E-state index in [-0.39, 0.29) is 5.91 Å². The molecular weight excluding hydrogens is 342 g/mol. The minimum absolute atomic E-state index is 0.104. The number of nitrogens with zero attached hydrogens (tertiary/aromatic N) is 1. The van der Waals surface area contributed by atoms with Crippen molar-refractivity contribution in [1.29, 1.82) is 0 Å². The van der Waals surface area contributed by atoms with E-state index in [9.17, 15) is 4.79 Å². The molecule has 1 amide bonds. The Hall–Kier alpha value is -2.24. The SMILES string of the molecule is Cc1ccccc1NC(=O)C[NH+]1CCC(c2nc3ccccc3s2)CC1. The van der Waals surface area contributed by atoms with Crippen LogP contribution in [0.25, 0.3) is 10.2 Å². The molecule has 0 bridgehead atoms. The number of fused-ring (bicyclic) bond motifs is 1. The van der Waals surface area contributed by atoms with Crippen LogP contribution < -0.4 is 10.2 Å². The molecule has 2 N–H and O–H groups in total. The van der Waals surface area contributed by atoms with Gasteiger partial charge >= 0.3 is 0 Å². The van der Waals surface area contributed by atoms with Gasteiger partial charge in [0.2, 0.25) is 0 Å². The largest absolute Gasteiger partial charge is 0.327 e. The molecule has 1 fully saturated rings. The molecule has 2 heterocycles. The lowest BCUT2D eigenvalue weighted by molar-refractivity contribution is -0.897. The zero-order valence-electron chi connectivity index (χ0n) is 15.0. The van der Waals surface area contributed by atoms with E-state index in [0.29, 0.717) is 12.5 Å². The van der Waals surface area contributed by atoms with Crippen LogP contribution in [-0.4, -0.2) is 30.5 Å². The number of hydrogen-bond acceptors (Lipinski definition) is 3. The van der Waals surface area contributed by atoms with Gasteiger partial charge in [0.1, 0.15) is 0 Å². The lowest BCUT2D eigenvalue weighted by Gasteiger charge is -2.27. The van der Waals surface area contributed by atoms with Crippen LogP contribution in [0.15, 0.2) is 48.5 Å². The summed E-state index contributed by atoms with van der Waals surface area (Å²) in [6.45, 7) is 4.62. The number of likely N-dealkylation sites (tertiary alicyclic amines) is 1. The number of quaternary nitrogens is 1. The second-order valence-electron chi connectivity index (χ2n) is 7.08. The predicted molar refractivity (Wildman–Crippen MR) is 107 cm³/mol. The molecule has 4 nitrogen and oxygen atoms in total. The van der Waals surface area contributed by atoms with E-state index in [4.69, 9.17) is 4.98 Å². The maximum absolute atomic E-state index is 12.4. The maximum Gasteiger partial charge on any atom is 0.279 e. The summed E-state index contributed by atoms with van der Waals surface area (Å²) in [6, 6.07) is 16.3. The van der Waals surface area contributed by atoms with Crippen LogP contribution in [0, 0.1) is 6.92 Å². The van der Waals surface area contributed by atoms with Crippen LogP contribution in [0.1, 0.15) is 29.3 Å². The summed E-state index contributed by atoms with van der Waals surface area (Å²) in [5.74, 6) is 0.642. The molecular formula is C21H24N3OS+. The standard InChI is InChI=1S/C21H23N3OS/c1-15-6-2-3-7-17(15)22-20(25)14-24-12-10-16(11-13-24)21-23-18-8-4-5-9-19(18)26-21/h2-9,16H,10-14H2,1H3,(H,22,25)/p+1. The summed E-state index contributed by atoms with van der Waals surface area (Å²) in [5.41, 5.74) is 3.13. The van der Waals surface area contributed by atoms with Gasteiger partial charge in [-0.1, -0.05) is 30.3 Å². The molecule has 1 saturated heterocycles. The minimum atomic E-state index is 0.104. The van der Waals surface area contributed by atoms with Crippen molar-refractivity contribution in [3.05, 3.63) is 59.1 Å². The van der Waals surface area contributed by atoms with E-state index in [1.54, 1.807) is 0 Å². The topological polar surface area (TPSA) is 46.4 Å². The third kappa shape index (κ3) is 3.79. The zero-order valence-corrected chi connectivity index (χ0v) is 15.8. The molecule has 0 atom stereocenters. The van der Waals surface area contributed by atoms with Crippen molar-refractivity contribution in [1.82, 2.24) is 4.98 Å². The summed E-state index contributed by atoms with van der Waals surface area (Å²) < 4.78 is 1.27. The number of nitrogens with one attached hydrogen (secondary N) is 2. The van der Waals surface area contributed by atoms with E-state index >= 15 is 0 Å². The van der Waals surface area contributed by atoms with Gasteiger partial charge in [-0.05, 0) is 30.7 Å². The molecule has 0 unspecified atom stereocenters. The van der Waals surface area contributed by atoms with Gasteiger partial charge in [-0.3, -0.25) is 4.79 Å². The second-order valence-corrected chi connectivity index (χ2v) is 8.15. The molecule has 26 heavy (non-hydrogen) atoms. The normalized spacial score (nSPS) is 20.2. The average Bonchev–Trinajstić information content (AvgIpc) is 3.08. The van der Waals surface area contributed by atoms with Gasteiger partial charge in [-0.15, -0.1) is 11.3 Å². The predicted octanol–water partition coefficient (Wildman–Crippen LogP) is 3.01. The van der Waals surface area contributed by atoms with Gasteiger partial charge in [0.15, 0.2) is 6.54 Å². The average molecular weight is 367 g/mol. The highest BCUT2D eigenvalue weighted by Gasteiger charge is 2.27. The van der Waals surface area contributed by atoms with Crippen LogP contribution in [-0.2, 0) is 4.79 Å². The summed E-state index contributed by atoms with van der Waals surface area (Å²) >= 11 is 1.82. The van der Waals surface area contributed by atoms with E-state index < -0.39 is 0 Å². The first-order chi connectivity index (χ1) is 12.7. The Bertz CT molecular complexity index is 879. The molecule has 0 radical (unpaired) electrons. The smallest absolute Gasteiger partial charge is 0.279 e. The van der Waals surface area contributed by atoms with Gasteiger partial charge < -0.3 is 10.2 Å². The highest BCUT2D eigenvalue weighted by molar-refractivity contribution is 7.18. The Balaban J connectivity index is 1.32. The van der Waals surface area contributed by atoms with Gasteiger partial charge in [0.25, 0.3) is 5.91 Å². The lowest BCUT2D eigenvalue weighted by atomic mass is 9.97. The summed E-state index contributed by atoms with van der Waals surface area (Å²) in [6.07, 6.45) is 2.21. The molecule has 2 aromatic carbocycles. The van der Waals surface area contributed by atoms with Crippen LogP contribution in [0.3, 0.4) is 0 Å². The highest BCUT2D eigenvalue weighted by atomic mass is 32.1. The molecule has 0 saturated carbocycles. The molecule has 1 aliphatic rings. The van der Waals surface area contributed by atoms with Gasteiger partial charge in [-0.2, -0.15) is 0 Å². The fourth-order valence-electron chi connectivity index (χ4n) is 3.65. The van der Waals surface area contributed by atoms with Crippen LogP contribution in [0.5, 0.6) is 0 Å². The van der Waals surface area contributed by atoms with Crippen molar-refractivity contribution in [2.24, 2.45) is 0 Å². The maximum atomic E-state index is 12.4. The van der Waals surface area contributed by atoms with E-state index in [2.05, 4.69) is 23.5 Å². The fourth-order valence-corrected chi connectivity index (χ4v) is 4.79. The van der Waals surface area contributed by atoms with Gasteiger partial charge in [0.05, 0.1) is 28.3 Å². The van der Waals surface area contributed by atoms with Crippen LogP contribution in [0.4, 0.5) is 5.69 Å². The first-order valence-electron chi connectivity index (χ1n) is 9.23. The van der Waals surface area contributed by atoms with E-state index in [1.807, 2.05) is 48.6 Å². The molecule has 1 aromatic heterocycles. The number of hydrogen-bond donors (Lipinski definition) is 2. The Morgan fingerprint density at radius 2 is 1.88 bits per heavy atom. The van der Waals surface area contributed by atoms with Crippen molar-refractivity contribution in [2.75, 3.05) is 25.0 Å². The number of piperidine rings is 1. The number of carbonyl (C=O) groups is 1. The molecule has 1 aliphatic heterocycles. The van der Waals surface area contributed by atoms with Crippen LogP contribution in [0.2, 0.25) is 0 Å². The van der Waals surface area contributed by atoms with Gasteiger partial charge in [-0.25, -0.2) is 4.98 Å². The van der Waals surface area contributed by atoms with Crippen molar-refractivity contribution >= 4 is 33.1 Å². The first-order valence-corrected chi connectivity index (χ1v) is 10.1. The molecule has 3 aromatic rings. The van der Waals surface area contributed by atoms with E-state index in [1.165, 1.54) is 14.6 Å². The number of para-hydroxylation sites is 2. The van der Waals surface area contributed by atoms with Gasteiger partial charge in [0, 0.05) is 24.4 Å². The minimum Gasteiger partial charge on any atom is -0.327 e. The zero-order chi connectivity index (χ0) is 17.9. The Labute approximate surface area is 157 Å². The summed E-state index contributed by atoms with van der Waals surface area (Å²) in [7, 11) is 0. The molecule has 134 valence electrons. The number of thiazole rings is 1. The number of amides is 1. The van der Waals surface area contributed by atoms with E-state index in [0.717, 1.165) is 42.7 Å². The summed E-state index contributed by atoms with van der Waals surface area (Å²) in [5, 5.41) is 4.31. The molecule has 5 heteroatoms. The van der Waals surface area contributed by atoms with Crippen molar-refractivity contribution < 1.29 is 9.69 Å². The number of carbonyl (C=O) groups excluding carboxylic acids is 1. The third-order valence-electron chi connectivity index (χ3n) is 5.18. The summed E-state index contributed by atoms with van der Waals surface area (Å²) in [4.78, 5) is 18.5. The Morgan fingerprint density at radius 1 is 1.15 bits per heavy atom. The fraction of sp³-hybridized carbons (Fsp3) is 0.333. The second kappa shape index (κ2) is 7.56. The van der Waals surface area contributed by atoms with Crippen LogP contribution >= 0.6 is 11.3 Å². The lowest BCUT2D eigenvalue weighted by Crippen LogP contribution is -3.14. The third-order valence-corrected chi connectivity index (χ3v) is 6.38. The number of anilines is 1. The quantitative estimate of drug-likeness (QED) is 0.746. The molecule has 0 spiro atoms. The number of rotatable bonds is 4. The Kier molecular flexibility index (Phi) is 5.00. The molecule has 4 rings (SSSR count). The number of aryl methyl sites for hydroxylation is 1. The molecule has 0 aliphatic carbocycles. The monoisotopic (exact) mass is 366 g/mol. The first kappa shape index (κ1) is 17.2.